The van der Waals surface area contributed by atoms with Crippen LogP contribution in [0.5, 0.6) is 11.5 Å². The first kappa shape index (κ1) is 19.0. The molecule has 0 spiro atoms. The van der Waals surface area contributed by atoms with Crippen molar-refractivity contribution in [1.82, 2.24) is 15.1 Å². The molecule has 0 saturated heterocycles. The smallest absolute Gasteiger partial charge is 0.286 e. The summed E-state index contributed by atoms with van der Waals surface area (Å²) < 4.78 is 17.3. The number of ether oxygens (including phenoxy) is 2. The predicted octanol–water partition coefficient (Wildman–Crippen LogP) is 2.42. The second-order valence-corrected chi connectivity index (χ2v) is 5.71. The van der Waals surface area contributed by atoms with Crippen molar-refractivity contribution in [2.24, 2.45) is 0 Å². The monoisotopic (exact) mass is 386 g/mol. The van der Waals surface area contributed by atoms with E-state index in [1.54, 1.807) is 35.3 Å². The molecule has 2 aromatic heterocycles. The molecule has 28 heavy (non-hydrogen) atoms. The molecule has 0 fully saturated rings. The van der Waals surface area contributed by atoms with Gasteiger partial charge in [-0.3, -0.25) is 19.6 Å². The van der Waals surface area contributed by atoms with Crippen LogP contribution in [0.15, 0.2) is 53.4 Å². The molecule has 0 bridgehead atoms. The number of nitro groups is 1. The molecule has 1 unspecified atom stereocenters. The van der Waals surface area contributed by atoms with Gasteiger partial charge in [0.2, 0.25) is 0 Å². The molecule has 1 atom stereocenters. The van der Waals surface area contributed by atoms with E-state index in [0.717, 1.165) is 6.07 Å². The van der Waals surface area contributed by atoms with Gasteiger partial charge in [0.05, 0.1) is 31.5 Å². The van der Waals surface area contributed by atoms with Crippen molar-refractivity contribution >= 4 is 11.6 Å². The highest BCUT2D eigenvalue weighted by Gasteiger charge is 2.26. The number of nitrogens with zero attached hydrogens (tertiary/aromatic N) is 3. The number of methoxy groups -OCH3 is 2. The molecule has 1 amide bonds. The molecule has 0 aliphatic rings. The fourth-order valence-electron chi connectivity index (χ4n) is 2.76. The van der Waals surface area contributed by atoms with Gasteiger partial charge in [-0.25, -0.2) is 0 Å². The topological polar surface area (TPSA) is 122 Å². The van der Waals surface area contributed by atoms with Crippen LogP contribution in [0.4, 0.5) is 5.69 Å². The Kier molecular flexibility index (Phi) is 5.58. The maximum absolute atomic E-state index is 12.7. The summed E-state index contributed by atoms with van der Waals surface area (Å²) in [5.74, 6) is 0.339. The van der Waals surface area contributed by atoms with E-state index in [-0.39, 0.29) is 29.3 Å². The summed E-state index contributed by atoms with van der Waals surface area (Å²) in [7, 11) is 2.75. The number of carbonyl (C=O) groups excluding carboxylic acids is 1. The number of aromatic nitrogens is 2. The average Bonchev–Trinajstić information content (AvgIpc) is 3.41. The first-order chi connectivity index (χ1) is 13.5. The van der Waals surface area contributed by atoms with Crippen LogP contribution in [0, 0.1) is 10.1 Å². The molecule has 1 aromatic carbocycles. The minimum atomic E-state index is -0.644. The molecule has 0 aliphatic heterocycles. The third kappa shape index (κ3) is 3.80. The lowest BCUT2D eigenvalue weighted by Gasteiger charge is -2.16. The third-order valence-corrected chi connectivity index (χ3v) is 4.11. The largest absolute Gasteiger partial charge is 0.493 e. The summed E-state index contributed by atoms with van der Waals surface area (Å²) in [6, 6.07) is 7.27. The average molecular weight is 386 g/mol. The van der Waals surface area contributed by atoms with E-state index >= 15 is 0 Å². The minimum Gasteiger partial charge on any atom is -0.493 e. The van der Waals surface area contributed by atoms with E-state index in [2.05, 4.69) is 10.4 Å². The van der Waals surface area contributed by atoms with Crippen LogP contribution in [-0.4, -0.2) is 41.4 Å². The zero-order valence-electron chi connectivity index (χ0n) is 15.2. The van der Waals surface area contributed by atoms with Crippen LogP contribution in [0.2, 0.25) is 0 Å². The Labute approximate surface area is 159 Å². The van der Waals surface area contributed by atoms with E-state index in [4.69, 9.17) is 13.9 Å². The fraction of sp³-hybridized carbons (Fsp3) is 0.222. The highest BCUT2D eigenvalue weighted by atomic mass is 16.6. The Morgan fingerprint density at radius 1 is 1.32 bits per heavy atom. The third-order valence-electron chi connectivity index (χ3n) is 4.11. The summed E-state index contributed by atoms with van der Waals surface area (Å²) in [5.41, 5.74) is -0.523. The van der Waals surface area contributed by atoms with Gasteiger partial charge in [-0.05, 0) is 18.2 Å². The number of nitrogens with one attached hydrogen (secondary N) is 1. The number of rotatable bonds is 8. The normalized spacial score (nSPS) is 11.6. The Morgan fingerprint density at radius 3 is 2.64 bits per heavy atom. The van der Waals surface area contributed by atoms with Crippen molar-refractivity contribution in [3.63, 3.8) is 0 Å². The van der Waals surface area contributed by atoms with Crippen molar-refractivity contribution in [3.8, 4) is 11.5 Å². The van der Waals surface area contributed by atoms with Gasteiger partial charge in [-0.2, -0.15) is 5.10 Å². The molecule has 0 saturated carbocycles. The second kappa shape index (κ2) is 8.25. The first-order valence-corrected chi connectivity index (χ1v) is 8.26. The van der Waals surface area contributed by atoms with Crippen LogP contribution in [0.3, 0.4) is 0 Å². The Balaban J connectivity index is 1.87. The number of hydrogen-bond acceptors (Lipinski definition) is 7. The van der Waals surface area contributed by atoms with E-state index in [1.807, 2.05) is 0 Å². The lowest BCUT2D eigenvalue weighted by Crippen LogP contribution is -2.31. The van der Waals surface area contributed by atoms with Gasteiger partial charge in [0.1, 0.15) is 17.4 Å². The summed E-state index contributed by atoms with van der Waals surface area (Å²) in [4.78, 5) is 23.5. The molecule has 10 nitrogen and oxygen atoms in total. The van der Waals surface area contributed by atoms with Crippen LogP contribution in [0.1, 0.15) is 22.2 Å². The Bertz CT molecular complexity index is 919. The van der Waals surface area contributed by atoms with Gasteiger partial charge >= 0.3 is 0 Å². The van der Waals surface area contributed by atoms with E-state index < -0.39 is 16.9 Å². The van der Waals surface area contributed by atoms with Crippen molar-refractivity contribution in [1.29, 1.82) is 0 Å². The molecular formula is C18H18N4O6. The number of amides is 1. The van der Waals surface area contributed by atoms with Gasteiger partial charge < -0.3 is 19.2 Å². The molecular weight excluding hydrogens is 368 g/mol. The van der Waals surface area contributed by atoms with E-state index in [9.17, 15) is 14.9 Å². The number of benzene rings is 1. The SMILES string of the molecule is COc1cc(C(=O)NCC(c2ccco2)n2cccn2)c([N+](=O)[O-])cc1OC. The Hall–Kier alpha value is -3.82. The number of nitro benzene ring substituents is 1. The lowest BCUT2D eigenvalue weighted by molar-refractivity contribution is -0.385. The standard InChI is InChI=1S/C18H18N4O6/c1-26-16-9-12(13(22(24)25)10-17(16)27-2)18(23)19-11-14(15-5-3-8-28-15)21-7-4-6-20-21/h3-10,14H,11H2,1-2H3,(H,19,23). The zero-order chi connectivity index (χ0) is 20.1. The van der Waals surface area contributed by atoms with Gasteiger partial charge in [0.25, 0.3) is 11.6 Å². The van der Waals surface area contributed by atoms with E-state index in [1.165, 1.54) is 26.5 Å². The van der Waals surface area contributed by atoms with Gasteiger partial charge in [0, 0.05) is 25.0 Å². The Morgan fingerprint density at radius 2 is 2.07 bits per heavy atom. The zero-order valence-corrected chi connectivity index (χ0v) is 15.2. The molecule has 10 heteroatoms. The van der Waals surface area contributed by atoms with Gasteiger partial charge in [-0.15, -0.1) is 0 Å². The molecule has 2 heterocycles. The van der Waals surface area contributed by atoms with Crippen molar-refractivity contribution in [2.75, 3.05) is 20.8 Å². The van der Waals surface area contributed by atoms with Crippen LogP contribution >= 0.6 is 0 Å². The summed E-state index contributed by atoms with van der Waals surface area (Å²) in [6.45, 7) is 0.111. The molecule has 0 aliphatic carbocycles. The highest BCUT2D eigenvalue weighted by Crippen LogP contribution is 2.34. The maximum atomic E-state index is 12.7. The summed E-state index contributed by atoms with van der Waals surface area (Å²) in [6.07, 6.45) is 4.86. The molecule has 1 N–H and O–H groups in total. The van der Waals surface area contributed by atoms with Crippen molar-refractivity contribution in [3.05, 3.63) is 70.4 Å². The van der Waals surface area contributed by atoms with Crippen molar-refractivity contribution < 1.29 is 23.6 Å². The van der Waals surface area contributed by atoms with Crippen LogP contribution in [0.25, 0.3) is 0 Å². The number of hydrogen-bond donors (Lipinski definition) is 1. The quantitative estimate of drug-likeness (QED) is 0.466. The van der Waals surface area contributed by atoms with E-state index in [0.29, 0.717) is 5.76 Å². The number of carbonyl (C=O) groups is 1. The first-order valence-electron chi connectivity index (χ1n) is 8.26. The molecule has 3 rings (SSSR count). The molecule has 146 valence electrons. The van der Waals surface area contributed by atoms with Gasteiger partial charge in [0.15, 0.2) is 11.5 Å². The predicted molar refractivity (Wildman–Crippen MR) is 97.6 cm³/mol. The summed E-state index contributed by atoms with van der Waals surface area (Å²) in [5, 5.41) is 18.3. The van der Waals surface area contributed by atoms with Crippen molar-refractivity contribution in [2.45, 2.75) is 6.04 Å². The van der Waals surface area contributed by atoms with Gasteiger partial charge in [-0.1, -0.05) is 0 Å². The minimum absolute atomic E-state index is 0.111. The molecule has 0 radical (unpaired) electrons. The number of furan rings is 1. The second-order valence-electron chi connectivity index (χ2n) is 5.71. The fourth-order valence-corrected chi connectivity index (χ4v) is 2.76. The highest BCUT2D eigenvalue weighted by molar-refractivity contribution is 5.99. The van der Waals surface area contributed by atoms with Crippen LogP contribution in [-0.2, 0) is 0 Å². The summed E-state index contributed by atoms with van der Waals surface area (Å²) >= 11 is 0. The maximum Gasteiger partial charge on any atom is 0.286 e. The van der Waals surface area contributed by atoms with Crippen LogP contribution < -0.4 is 14.8 Å². The molecule has 3 aromatic rings. The lowest BCUT2D eigenvalue weighted by atomic mass is 10.1.